The molecule has 0 unspecified atom stereocenters. The van der Waals surface area contributed by atoms with Crippen molar-refractivity contribution < 1.29 is 18.3 Å². The molecule has 1 aliphatic rings. The van der Waals surface area contributed by atoms with Crippen LogP contribution in [0.25, 0.3) is 11.0 Å². The van der Waals surface area contributed by atoms with Gasteiger partial charge in [-0.1, -0.05) is 0 Å². The zero-order valence-corrected chi connectivity index (χ0v) is 12.5. The van der Waals surface area contributed by atoms with E-state index in [-0.39, 0.29) is 5.82 Å². The molecule has 0 saturated heterocycles. The van der Waals surface area contributed by atoms with E-state index in [2.05, 4.69) is 0 Å². The van der Waals surface area contributed by atoms with Crippen molar-refractivity contribution in [1.82, 2.24) is 0 Å². The van der Waals surface area contributed by atoms with Crippen molar-refractivity contribution in [3.63, 3.8) is 0 Å². The summed E-state index contributed by atoms with van der Waals surface area (Å²) in [7, 11) is 0. The molecule has 0 fully saturated rings. The summed E-state index contributed by atoms with van der Waals surface area (Å²) < 4.78 is 24.2. The Morgan fingerprint density at radius 3 is 2.65 bits per heavy atom. The molecule has 0 aliphatic heterocycles. The van der Waals surface area contributed by atoms with E-state index in [1.165, 1.54) is 29.8 Å². The molecule has 4 rings (SSSR count). The molecular formula is C19H15FO3. The lowest BCUT2D eigenvalue weighted by molar-refractivity contribution is 0.0735. The SMILES string of the molecule is O=C(Oc1ccc2oc3c(c2c1)CCCC3)c1ccc(F)cc1. The molecule has 2 aromatic carbocycles. The number of aryl methyl sites for hydroxylation is 2. The average molecular weight is 310 g/mol. The highest BCUT2D eigenvalue weighted by atomic mass is 19.1. The van der Waals surface area contributed by atoms with Crippen LogP contribution in [0, 0.1) is 5.82 Å². The van der Waals surface area contributed by atoms with Crippen molar-refractivity contribution in [3.8, 4) is 5.75 Å². The fourth-order valence-corrected chi connectivity index (χ4v) is 3.06. The van der Waals surface area contributed by atoms with Gasteiger partial charge < -0.3 is 9.15 Å². The molecule has 0 bridgehead atoms. The van der Waals surface area contributed by atoms with E-state index in [9.17, 15) is 9.18 Å². The second-order valence-corrected chi connectivity index (χ2v) is 5.77. The Balaban J connectivity index is 1.64. The second kappa shape index (κ2) is 5.54. The van der Waals surface area contributed by atoms with Gasteiger partial charge in [-0.15, -0.1) is 0 Å². The maximum atomic E-state index is 12.9. The Morgan fingerprint density at radius 1 is 1.04 bits per heavy atom. The van der Waals surface area contributed by atoms with Crippen LogP contribution in [0.4, 0.5) is 4.39 Å². The third-order valence-corrected chi connectivity index (χ3v) is 4.22. The number of carbonyl (C=O) groups excluding carboxylic acids is 1. The Bertz CT molecular complexity index is 878. The maximum Gasteiger partial charge on any atom is 0.343 e. The fraction of sp³-hybridized carbons (Fsp3) is 0.211. The number of hydrogen-bond donors (Lipinski definition) is 0. The van der Waals surface area contributed by atoms with Crippen molar-refractivity contribution >= 4 is 16.9 Å². The number of fused-ring (bicyclic) bond motifs is 3. The molecule has 0 atom stereocenters. The molecule has 0 N–H and O–H groups in total. The Labute approximate surface area is 132 Å². The van der Waals surface area contributed by atoms with Crippen LogP contribution in [0.2, 0.25) is 0 Å². The van der Waals surface area contributed by atoms with E-state index in [1.54, 1.807) is 6.07 Å². The van der Waals surface area contributed by atoms with Crippen LogP contribution < -0.4 is 4.74 Å². The minimum absolute atomic E-state index is 0.320. The van der Waals surface area contributed by atoms with Crippen LogP contribution in [0.5, 0.6) is 5.75 Å². The van der Waals surface area contributed by atoms with E-state index >= 15 is 0 Å². The fourth-order valence-electron chi connectivity index (χ4n) is 3.06. The third kappa shape index (κ3) is 2.61. The number of benzene rings is 2. The van der Waals surface area contributed by atoms with Crippen LogP contribution in [0.3, 0.4) is 0 Å². The Morgan fingerprint density at radius 2 is 1.83 bits per heavy atom. The van der Waals surface area contributed by atoms with Gasteiger partial charge in [0.05, 0.1) is 5.56 Å². The molecule has 0 spiro atoms. The Kier molecular flexibility index (Phi) is 3.37. The summed E-state index contributed by atoms with van der Waals surface area (Å²) in [5, 5.41) is 1.02. The summed E-state index contributed by atoms with van der Waals surface area (Å²) in [6, 6.07) is 10.7. The van der Waals surface area contributed by atoms with Crippen LogP contribution in [0.1, 0.15) is 34.5 Å². The lowest BCUT2D eigenvalue weighted by atomic mass is 9.96. The molecule has 3 nitrogen and oxygen atoms in total. The van der Waals surface area contributed by atoms with Crippen LogP contribution in [-0.2, 0) is 12.8 Å². The first-order valence-corrected chi connectivity index (χ1v) is 7.73. The largest absolute Gasteiger partial charge is 0.461 e. The summed E-state index contributed by atoms with van der Waals surface area (Å²) >= 11 is 0. The highest BCUT2D eigenvalue weighted by molar-refractivity contribution is 5.92. The molecular weight excluding hydrogens is 295 g/mol. The third-order valence-electron chi connectivity index (χ3n) is 4.22. The average Bonchev–Trinajstić information content (AvgIpc) is 2.93. The zero-order valence-electron chi connectivity index (χ0n) is 12.5. The van der Waals surface area contributed by atoms with Gasteiger partial charge in [0.25, 0.3) is 0 Å². The number of furan rings is 1. The van der Waals surface area contributed by atoms with Crippen LogP contribution in [0.15, 0.2) is 46.9 Å². The summed E-state index contributed by atoms with van der Waals surface area (Å²) in [5.74, 6) is 0.643. The summed E-state index contributed by atoms with van der Waals surface area (Å²) in [6.07, 6.45) is 4.27. The van der Waals surface area contributed by atoms with E-state index in [1.807, 2.05) is 12.1 Å². The maximum absolute atomic E-state index is 12.9. The van der Waals surface area contributed by atoms with Gasteiger partial charge in [-0.05, 0) is 61.7 Å². The van der Waals surface area contributed by atoms with Crippen LogP contribution in [-0.4, -0.2) is 5.97 Å². The summed E-state index contributed by atoms with van der Waals surface area (Å²) in [4.78, 5) is 12.1. The van der Waals surface area contributed by atoms with Crippen molar-refractivity contribution in [1.29, 1.82) is 0 Å². The van der Waals surface area contributed by atoms with Gasteiger partial charge in [0.1, 0.15) is 22.9 Å². The van der Waals surface area contributed by atoms with E-state index < -0.39 is 5.97 Å². The van der Waals surface area contributed by atoms with Gasteiger partial charge in [-0.2, -0.15) is 0 Å². The molecule has 116 valence electrons. The number of rotatable bonds is 2. The molecule has 3 aromatic rings. The predicted octanol–water partition coefficient (Wildman–Crippen LogP) is 4.67. The quantitative estimate of drug-likeness (QED) is 0.510. The molecule has 23 heavy (non-hydrogen) atoms. The van der Waals surface area contributed by atoms with Gasteiger partial charge in [-0.3, -0.25) is 0 Å². The molecule has 1 heterocycles. The predicted molar refractivity (Wildman–Crippen MR) is 84.2 cm³/mol. The van der Waals surface area contributed by atoms with Crippen molar-refractivity contribution in [3.05, 3.63) is 65.2 Å². The summed E-state index contributed by atoms with van der Waals surface area (Å²) in [6.45, 7) is 0. The lowest BCUT2D eigenvalue weighted by Crippen LogP contribution is -2.08. The highest BCUT2D eigenvalue weighted by Crippen LogP contribution is 2.34. The van der Waals surface area contributed by atoms with Crippen molar-refractivity contribution in [2.24, 2.45) is 0 Å². The van der Waals surface area contributed by atoms with E-state index in [0.717, 1.165) is 42.4 Å². The molecule has 1 aliphatic carbocycles. The minimum Gasteiger partial charge on any atom is -0.461 e. The normalized spacial score (nSPS) is 13.8. The smallest absolute Gasteiger partial charge is 0.343 e. The number of halogens is 1. The Hall–Kier alpha value is -2.62. The molecule has 0 radical (unpaired) electrons. The molecule has 0 saturated carbocycles. The van der Waals surface area contributed by atoms with Crippen LogP contribution >= 0.6 is 0 Å². The number of hydrogen-bond acceptors (Lipinski definition) is 3. The highest BCUT2D eigenvalue weighted by Gasteiger charge is 2.18. The first kappa shape index (κ1) is 14.0. The standard InChI is InChI=1S/C19H15FO3/c20-13-7-5-12(6-8-13)19(21)22-14-9-10-18-16(11-14)15-3-1-2-4-17(15)23-18/h5-11H,1-4H2. The van der Waals surface area contributed by atoms with Gasteiger partial charge in [0.15, 0.2) is 0 Å². The number of ether oxygens (including phenoxy) is 1. The monoisotopic (exact) mass is 310 g/mol. The van der Waals surface area contributed by atoms with Gasteiger partial charge in [0.2, 0.25) is 0 Å². The van der Waals surface area contributed by atoms with Crippen molar-refractivity contribution in [2.45, 2.75) is 25.7 Å². The van der Waals surface area contributed by atoms with Crippen molar-refractivity contribution in [2.75, 3.05) is 0 Å². The molecule has 1 aromatic heterocycles. The first-order valence-electron chi connectivity index (χ1n) is 7.73. The zero-order chi connectivity index (χ0) is 15.8. The van der Waals surface area contributed by atoms with Gasteiger partial charge in [-0.25, -0.2) is 9.18 Å². The van der Waals surface area contributed by atoms with Gasteiger partial charge >= 0.3 is 5.97 Å². The van der Waals surface area contributed by atoms with Gasteiger partial charge in [0, 0.05) is 17.4 Å². The van der Waals surface area contributed by atoms with E-state index in [0.29, 0.717) is 11.3 Å². The molecule has 0 amide bonds. The number of esters is 1. The van der Waals surface area contributed by atoms with E-state index in [4.69, 9.17) is 9.15 Å². The molecule has 4 heteroatoms. The lowest BCUT2D eigenvalue weighted by Gasteiger charge is -2.09. The number of carbonyl (C=O) groups is 1. The minimum atomic E-state index is -0.498. The first-order chi connectivity index (χ1) is 11.2. The second-order valence-electron chi connectivity index (χ2n) is 5.77. The topological polar surface area (TPSA) is 39.4 Å². The summed E-state index contributed by atoms with van der Waals surface area (Å²) in [5.41, 5.74) is 2.38.